The number of aliphatic hydroxyl groups excluding tert-OH is 1. The van der Waals surface area contributed by atoms with Crippen LogP contribution in [0.4, 0.5) is 5.69 Å². The molecule has 3 saturated heterocycles. The van der Waals surface area contributed by atoms with Gasteiger partial charge in [0.15, 0.2) is 5.96 Å². The third kappa shape index (κ3) is 14.1. The van der Waals surface area contributed by atoms with E-state index in [1.54, 1.807) is 42.5 Å². The summed E-state index contributed by atoms with van der Waals surface area (Å²) in [5.74, 6) is -6.01. The van der Waals surface area contributed by atoms with Crippen molar-refractivity contribution in [2.24, 2.45) is 27.3 Å². The van der Waals surface area contributed by atoms with Crippen LogP contribution in [0, 0.1) is 0 Å². The Morgan fingerprint density at radius 3 is 1.94 bits per heavy atom. The van der Waals surface area contributed by atoms with Crippen LogP contribution in [-0.2, 0) is 51.2 Å². The zero-order valence-electron chi connectivity index (χ0n) is 37.6. The van der Waals surface area contributed by atoms with E-state index in [2.05, 4.69) is 36.3 Å². The van der Waals surface area contributed by atoms with Gasteiger partial charge in [-0.3, -0.25) is 38.6 Å². The molecule has 0 spiro atoms. The number of rotatable bonds is 22. The number of hydrogen-bond donors (Lipinski definition) is 9. The molecule has 7 atom stereocenters. The first-order valence-corrected chi connectivity index (χ1v) is 22.5. The number of carbonyl (C=O) groups is 8. The van der Waals surface area contributed by atoms with Gasteiger partial charge in [0.05, 0.1) is 19.2 Å². The summed E-state index contributed by atoms with van der Waals surface area (Å²) in [6, 6.07) is 6.75. The van der Waals surface area contributed by atoms with Crippen LogP contribution < -0.4 is 38.5 Å². The highest BCUT2D eigenvalue weighted by Gasteiger charge is 2.43. The fourth-order valence-corrected chi connectivity index (χ4v) is 8.64. The van der Waals surface area contributed by atoms with Crippen LogP contribution in [0.5, 0.6) is 0 Å². The molecule has 0 aromatic heterocycles. The summed E-state index contributed by atoms with van der Waals surface area (Å²) in [5, 5.41) is 33.9. The van der Waals surface area contributed by atoms with Crippen molar-refractivity contribution in [1.29, 1.82) is 0 Å². The van der Waals surface area contributed by atoms with Crippen molar-refractivity contribution in [2.75, 3.05) is 39.3 Å². The van der Waals surface area contributed by atoms with E-state index in [1.807, 2.05) is 0 Å². The van der Waals surface area contributed by atoms with E-state index in [9.17, 15) is 48.6 Å². The summed E-state index contributed by atoms with van der Waals surface area (Å²) in [5.41, 5.74) is 27.2. The Morgan fingerprint density at radius 2 is 1.32 bits per heavy atom. The van der Waals surface area contributed by atoms with E-state index in [0.717, 1.165) is 0 Å². The minimum absolute atomic E-state index is 0.00817. The largest absolute Gasteiger partial charge is 0.480 e. The molecular formula is C44H60N14O10. The van der Waals surface area contributed by atoms with Gasteiger partial charge in [0.1, 0.15) is 36.3 Å². The van der Waals surface area contributed by atoms with Gasteiger partial charge < -0.3 is 63.4 Å². The Labute approximate surface area is 392 Å². The van der Waals surface area contributed by atoms with Gasteiger partial charge in [-0.2, -0.15) is 0 Å². The van der Waals surface area contributed by atoms with E-state index < -0.39 is 103 Å². The number of nitrogens with zero attached hydrogens (tertiary/aromatic N) is 7. The van der Waals surface area contributed by atoms with Gasteiger partial charge in [-0.05, 0) is 68.0 Å². The highest BCUT2D eigenvalue weighted by molar-refractivity contribution is 5.97. The minimum atomic E-state index is -1.58. The topological polar surface area (TPSA) is 374 Å². The molecule has 0 aliphatic carbocycles. The average molecular weight is 945 g/mol. The van der Waals surface area contributed by atoms with Crippen LogP contribution in [0.1, 0.15) is 62.5 Å². The number of aliphatic carboxylic acids is 1. The molecule has 24 nitrogen and oxygen atoms in total. The molecule has 3 aliphatic heterocycles. The van der Waals surface area contributed by atoms with Crippen LogP contribution in [0.2, 0.25) is 0 Å². The van der Waals surface area contributed by atoms with Crippen LogP contribution in [0.15, 0.2) is 64.7 Å². The van der Waals surface area contributed by atoms with Crippen LogP contribution >= 0.6 is 0 Å². The van der Waals surface area contributed by atoms with Gasteiger partial charge in [0, 0.05) is 49.6 Å². The number of carboxylic acid groups (broad SMARTS) is 1. The lowest BCUT2D eigenvalue weighted by molar-refractivity contribution is -0.147. The quantitative estimate of drug-likeness (QED) is 0.0161. The number of benzene rings is 2. The predicted octanol–water partition coefficient (Wildman–Crippen LogP) is -1.59. The molecule has 0 unspecified atom stereocenters. The first-order valence-electron chi connectivity index (χ1n) is 22.5. The van der Waals surface area contributed by atoms with E-state index in [0.29, 0.717) is 69.2 Å². The number of nitrogens with two attached hydrogens (primary N) is 3. The average Bonchev–Trinajstić information content (AvgIpc) is 4.14. The first kappa shape index (κ1) is 51.7. The number of aliphatic hydroxyl groups is 1. The van der Waals surface area contributed by atoms with E-state index in [1.165, 1.54) is 26.8 Å². The summed E-state index contributed by atoms with van der Waals surface area (Å²) in [6.45, 7) is -0.571. The fraction of sp³-hybridized carbons (Fsp3) is 0.523. The molecular weight excluding hydrogens is 885 g/mol. The molecule has 24 heteroatoms. The Hall–Kier alpha value is -7.30. The monoisotopic (exact) mass is 944 g/mol. The second-order valence-electron chi connectivity index (χ2n) is 16.9. The van der Waals surface area contributed by atoms with Crippen molar-refractivity contribution in [3.63, 3.8) is 0 Å². The van der Waals surface area contributed by atoms with Gasteiger partial charge in [0.2, 0.25) is 41.4 Å². The maximum absolute atomic E-state index is 13.9. The van der Waals surface area contributed by atoms with Crippen LogP contribution in [0.25, 0.3) is 10.4 Å². The number of aliphatic imine (C=N–C) groups is 1. The first-order chi connectivity index (χ1) is 32.6. The number of azide groups is 1. The highest BCUT2D eigenvalue weighted by Crippen LogP contribution is 2.26. The van der Waals surface area contributed by atoms with Crippen molar-refractivity contribution in [3.05, 3.63) is 76.2 Å². The second kappa shape index (κ2) is 25.0. The Balaban J connectivity index is 1.21. The molecule has 3 fully saturated rings. The van der Waals surface area contributed by atoms with Crippen molar-refractivity contribution >= 4 is 59.0 Å². The standard InChI is InChI=1S/C44H60N14O10/c45-29(10-4-18-49-44(46)47)40(64)58-21-7-13-35(58)42(66)57-20-5-11-33(57)38(62)50-24-36(60)51-30(22-27-14-16-28(17-15-27)54-55-48)37(61)53-32(25-59)41(65)56-19-6-12-34(56)39(63)52-31(43(67)68)23-26-8-2-1-3-9-26/h1-3,8-9,14-17,29-35,59H,4-7,10-13,18-25,45H2,(H,50,62)(H,51,60)(H,52,63)(H,53,61)(H,67,68)(H4,46,47,49)/t29-,30-,31-,32-,33-,34-,35-/m0/s1. The Bertz CT molecular complexity index is 2220. The Kier molecular flexibility index (Phi) is 19.0. The fourth-order valence-electron chi connectivity index (χ4n) is 8.64. The summed E-state index contributed by atoms with van der Waals surface area (Å²) in [6.07, 6.45) is 2.89. The van der Waals surface area contributed by atoms with Gasteiger partial charge in [0.25, 0.3) is 0 Å². The maximum Gasteiger partial charge on any atom is 0.326 e. The molecule has 12 N–H and O–H groups in total. The van der Waals surface area contributed by atoms with Gasteiger partial charge >= 0.3 is 5.97 Å². The normalized spacial score (nSPS) is 19.4. The molecule has 0 saturated carbocycles. The molecule has 0 bridgehead atoms. The molecule has 0 radical (unpaired) electrons. The van der Waals surface area contributed by atoms with Crippen molar-refractivity contribution in [1.82, 2.24) is 36.0 Å². The van der Waals surface area contributed by atoms with Gasteiger partial charge in [-0.1, -0.05) is 59.7 Å². The van der Waals surface area contributed by atoms with Crippen molar-refractivity contribution in [3.8, 4) is 0 Å². The lowest BCUT2D eigenvalue weighted by Gasteiger charge is -2.32. The minimum Gasteiger partial charge on any atom is -0.480 e. The number of hydrogen-bond acceptors (Lipinski definition) is 12. The molecule has 2 aromatic carbocycles. The summed E-state index contributed by atoms with van der Waals surface area (Å²) < 4.78 is 0. The zero-order valence-corrected chi connectivity index (χ0v) is 37.6. The molecule has 5 rings (SSSR count). The number of carboxylic acids is 1. The summed E-state index contributed by atoms with van der Waals surface area (Å²) in [4.78, 5) is 118. The molecule has 2 aromatic rings. The highest BCUT2D eigenvalue weighted by atomic mass is 16.4. The van der Waals surface area contributed by atoms with E-state index >= 15 is 0 Å². The van der Waals surface area contributed by atoms with Crippen LogP contribution in [-0.4, -0.2) is 160 Å². The second-order valence-corrected chi connectivity index (χ2v) is 16.9. The van der Waals surface area contributed by atoms with Gasteiger partial charge in [-0.25, -0.2) is 4.79 Å². The smallest absolute Gasteiger partial charge is 0.326 e. The third-order valence-corrected chi connectivity index (χ3v) is 12.1. The maximum atomic E-state index is 13.9. The summed E-state index contributed by atoms with van der Waals surface area (Å²) in [7, 11) is 0. The van der Waals surface area contributed by atoms with Crippen LogP contribution in [0.3, 0.4) is 0 Å². The summed E-state index contributed by atoms with van der Waals surface area (Å²) >= 11 is 0. The SMILES string of the molecule is [N-]=[N+]=Nc1ccc(C[C@H](NC(=O)CNC(=O)[C@@H]2CCCN2C(=O)[C@@H]2CCCN2C(=O)[C@@H](N)CCCN=C(N)N)C(=O)N[C@@H](CO)C(=O)N2CCC[C@H]2C(=O)N[C@@H](Cc2ccccc2)C(=O)O)cc1. The molecule has 3 heterocycles. The van der Waals surface area contributed by atoms with Crippen molar-refractivity contribution < 1.29 is 48.6 Å². The molecule has 3 aliphatic rings. The van der Waals surface area contributed by atoms with Crippen molar-refractivity contribution in [2.45, 2.75) is 107 Å². The number of amides is 7. The van der Waals surface area contributed by atoms with Gasteiger partial charge in [-0.15, -0.1) is 0 Å². The number of carbonyl (C=O) groups excluding carboxylic acids is 7. The molecule has 68 heavy (non-hydrogen) atoms. The predicted molar refractivity (Wildman–Crippen MR) is 245 cm³/mol. The Morgan fingerprint density at radius 1 is 0.735 bits per heavy atom. The van der Waals surface area contributed by atoms with E-state index in [4.69, 9.17) is 22.7 Å². The molecule has 7 amide bonds. The number of likely N-dealkylation sites (tertiary alicyclic amines) is 3. The number of nitrogens with one attached hydrogen (secondary N) is 4. The zero-order chi connectivity index (χ0) is 49.3. The molecule has 366 valence electrons. The van der Waals surface area contributed by atoms with E-state index in [-0.39, 0.29) is 44.0 Å². The lowest BCUT2D eigenvalue weighted by Crippen LogP contribution is -2.59. The number of guanidine groups is 1. The lowest BCUT2D eigenvalue weighted by atomic mass is 10.0. The third-order valence-electron chi connectivity index (χ3n) is 12.1.